The molecule has 5 heteroatoms. The number of hydrogen-bond acceptors (Lipinski definition) is 4. The molecular weight excluding hydrogens is 230 g/mol. The molecule has 1 aromatic carbocycles. The number of carbonyl (C=O) groups is 2. The third-order valence-corrected chi connectivity index (χ3v) is 3.04. The van der Waals surface area contributed by atoms with Crippen LogP contribution >= 0.6 is 0 Å². The standard InChI is InChI=1S/C13H17N3O2/c1-9(17)10-3-2-4-12(5-10)16-7-11(6-14)15-13(18)8-16/h2-5,11H,6-8,14H2,1H3,(H,15,18). The summed E-state index contributed by atoms with van der Waals surface area (Å²) < 4.78 is 0. The summed E-state index contributed by atoms with van der Waals surface area (Å²) in [7, 11) is 0. The molecule has 0 radical (unpaired) electrons. The summed E-state index contributed by atoms with van der Waals surface area (Å²) in [5.74, 6) is -0.0152. The van der Waals surface area contributed by atoms with Crippen LogP contribution in [0.5, 0.6) is 0 Å². The summed E-state index contributed by atoms with van der Waals surface area (Å²) in [6.45, 7) is 2.92. The highest BCUT2D eigenvalue weighted by Gasteiger charge is 2.23. The van der Waals surface area contributed by atoms with Crippen molar-refractivity contribution in [1.29, 1.82) is 0 Å². The van der Waals surface area contributed by atoms with Crippen molar-refractivity contribution >= 4 is 17.4 Å². The van der Waals surface area contributed by atoms with E-state index in [-0.39, 0.29) is 17.7 Å². The van der Waals surface area contributed by atoms with Crippen LogP contribution in [0.4, 0.5) is 5.69 Å². The summed E-state index contributed by atoms with van der Waals surface area (Å²) in [6, 6.07) is 7.28. The second kappa shape index (κ2) is 5.18. The molecule has 1 aliphatic rings. The van der Waals surface area contributed by atoms with Crippen LogP contribution in [-0.4, -0.2) is 37.4 Å². The Morgan fingerprint density at radius 1 is 1.56 bits per heavy atom. The number of anilines is 1. The van der Waals surface area contributed by atoms with E-state index < -0.39 is 0 Å². The summed E-state index contributed by atoms with van der Waals surface area (Å²) in [5.41, 5.74) is 7.13. The minimum absolute atomic E-state index is 0.0219. The maximum Gasteiger partial charge on any atom is 0.239 e. The smallest absolute Gasteiger partial charge is 0.239 e. The number of amides is 1. The topological polar surface area (TPSA) is 75.4 Å². The maximum atomic E-state index is 11.6. The van der Waals surface area contributed by atoms with Gasteiger partial charge < -0.3 is 16.0 Å². The number of piperazine rings is 1. The van der Waals surface area contributed by atoms with Crippen LogP contribution in [0.1, 0.15) is 17.3 Å². The van der Waals surface area contributed by atoms with Gasteiger partial charge >= 0.3 is 0 Å². The van der Waals surface area contributed by atoms with Gasteiger partial charge in [0.2, 0.25) is 5.91 Å². The van der Waals surface area contributed by atoms with Gasteiger partial charge in [-0.25, -0.2) is 0 Å². The van der Waals surface area contributed by atoms with Crippen LogP contribution < -0.4 is 16.0 Å². The first-order chi connectivity index (χ1) is 8.60. The lowest BCUT2D eigenvalue weighted by Gasteiger charge is -2.34. The Kier molecular flexibility index (Phi) is 3.62. The number of Topliss-reactive ketones (excluding diaryl/α,β-unsaturated/α-hetero) is 1. The molecule has 0 saturated carbocycles. The number of nitrogens with two attached hydrogens (primary N) is 1. The van der Waals surface area contributed by atoms with Gasteiger partial charge in [-0.2, -0.15) is 0 Å². The molecule has 1 fully saturated rings. The van der Waals surface area contributed by atoms with Gasteiger partial charge in [-0.05, 0) is 19.1 Å². The molecule has 1 heterocycles. The Hall–Kier alpha value is -1.88. The molecule has 0 aliphatic carbocycles. The van der Waals surface area contributed by atoms with E-state index in [0.29, 0.717) is 25.2 Å². The molecule has 1 aliphatic heterocycles. The Labute approximate surface area is 106 Å². The molecule has 1 amide bonds. The highest BCUT2D eigenvalue weighted by molar-refractivity contribution is 5.95. The molecule has 18 heavy (non-hydrogen) atoms. The van der Waals surface area contributed by atoms with Gasteiger partial charge in [0.25, 0.3) is 0 Å². The van der Waals surface area contributed by atoms with Crippen LogP contribution in [-0.2, 0) is 4.79 Å². The number of hydrogen-bond donors (Lipinski definition) is 2. The van der Waals surface area contributed by atoms with Crippen molar-refractivity contribution in [3.8, 4) is 0 Å². The first kappa shape index (κ1) is 12.6. The highest BCUT2D eigenvalue weighted by atomic mass is 16.2. The van der Waals surface area contributed by atoms with Gasteiger partial charge in [-0.1, -0.05) is 12.1 Å². The fourth-order valence-corrected chi connectivity index (χ4v) is 2.07. The number of nitrogens with one attached hydrogen (secondary N) is 1. The summed E-state index contributed by atoms with van der Waals surface area (Å²) in [6.07, 6.45) is 0. The third-order valence-electron chi connectivity index (χ3n) is 3.04. The molecule has 5 nitrogen and oxygen atoms in total. The van der Waals surface area contributed by atoms with Gasteiger partial charge in [-0.15, -0.1) is 0 Å². The van der Waals surface area contributed by atoms with Crippen molar-refractivity contribution in [2.24, 2.45) is 5.73 Å². The van der Waals surface area contributed by atoms with Crippen molar-refractivity contribution in [3.63, 3.8) is 0 Å². The number of nitrogens with zero attached hydrogens (tertiary/aromatic N) is 1. The predicted octanol–water partition coefficient (Wildman–Crippen LogP) is 0.153. The lowest BCUT2D eigenvalue weighted by molar-refractivity contribution is -0.121. The molecule has 0 bridgehead atoms. The largest absolute Gasteiger partial charge is 0.360 e. The molecule has 0 spiro atoms. The predicted molar refractivity (Wildman–Crippen MR) is 69.6 cm³/mol. The molecule has 0 aromatic heterocycles. The van der Waals surface area contributed by atoms with E-state index in [1.54, 1.807) is 6.07 Å². The second-order valence-electron chi connectivity index (χ2n) is 4.49. The summed E-state index contributed by atoms with van der Waals surface area (Å²) in [4.78, 5) is 24.9. The molecule has 1 saturated heterocycles. The van der Waals surface area contributed by atoms with Gasteiger partial charge in [0.1, 0.15) is 0 Å². The van der Waals surface area contributed by atoms with E-state index in [9.17, 15) is 9.59 Å². The third kappa shape index (κ3) is 2.68. The zero-order valence-corrected chi connectivity index (χ0v) is 10.3. The van der Waals surface area contributed by atoms with Crippen LogP contribution in [0.3, 0.4) is 0 Å². The van der Waals surface area contributed by atoms with Crippen molar-refractivity contribution in [2.45, 2.75) is 13.0 Å². The number of rotatable bonds is 3. The normalized spacial score (nSPS) is 19.6. The SMILES string of the molecule is CC(=O)c1cccc(N2CC(=O)NC(CN)C2)c1. The first-order valence-corrected chi connectivity index (χ1v) is 5.95. The van der Waals surface area contributed by atoms with Gasteiger partial charge in [0.15, 0.2) is 5.78 Å². The van der Waals surface area contributed by atoms with E-state index in [1.165, 1.54) is 6.92 Å². The summed E-state index contributed by atoms with van der Waals surface area (Å²) in [5, 5.41) is 2.83. The summed E-state index contributed by atoms with van der Waals surface area (Å²) >= 11 is 0. The Morgan fingerprint density at radius 3 is 3.00 bits per heavy atom. The van der Waals surface area contributed by atoms with Crippen molar-refractivity contribution in [2.75, 3.05) is 24.5 Å². The van der Waals surface area contributed by atoms with Crippen molar-refractivity contribution < 1.29 is 9.59 Å². The molecule has 1 unspecified atom stereocenters. The fourth-order valence-electron chi connectivity index (χ4n) is 2.07. The minimum Gasteiger partial charge on any atom is -0.360 e. The molecule has 1 aromatic rings. The van der Waals surface area contributed by atoms with E-state index in [4.69, 9.17) is 5.73 Å². The molecule has 1 atom stereocenters. The monoisotopic (exact) mass is 247 g/mol. The van der Waals surface area contributed by atoms with Crippen molar-refractivity contribution in [1.82, 2.24) is 5.32 Å². The average molecular weight is 247 g/mol. The fraction of sp³-hybridized carbons (Fsp3) is 0.385. The van der Waals surface area contributed by atoms with Crippen LogP contribution in [0.25, 0.3) is 0 Å². The number of carbonyl (C=O) groups excluding carboxylic acids is 2. The number of benzene rings is 1. The molecule has 96 valence electrons. The highest BCUT2D eigenvalue weighted by Crippen LogP contribution is 2.18. The Bertz CT molecular complexity index is 473. The van der Waals surface area contributed by atoms with E-state index in [0.717, 1.165) is 5.69 Å². The molecular formula is C13H17N3O2. The lowest BCUT2D eigenvalue weighted by atomic mass is 10.1. The van der Waals surface area contributed by atoms with Crippen molar-refractivity contribution in [3.05, 3.63) is 29.8 Å². The minimum atomic E-state index is -0.0371. The molecule has 2 rings (SSSR count). The van der Waals surface area contributed by atoms with Crippen LogP contribution in [0.2, 0.25) is 0 Å². The average Bonchev–Trinajstić information content (AvgIpc) is 2.38. The molecule has 3 N–H and O–H groups in total. The van der Waals surface area contributed by atoms with Crippen LogP contribution in [0.15, 0.2) is 24.3 Å². The Balaban J connectivity index is 2.22. The zero-order chi connectivity index (χ0) is 13.1. The maximum absolute atomic E-state index is 11.6. The number of ketones is 1. The quantitative estimate of drug-likeness (QED) is 0.746. The van der Waals surface area contributed by atoms with Gasteiger partial charge in [-0.3, -0.25) is 9.59 Å². The zero-order valence-electron chi connectivity index (χ0n) is 10.3. The van der Waals surface area contributed by atoms with Gasteiger partial charge in [0, 0.05) is 24.3 Å². The van der Waals surface area contributed by atoms with E-state index in [1.807, 2.05) is 23.1 Å². The van der Waals surface area contributed by atoms with E-state index in [2.05, 4.69) is 5.32 Å². The first-order valence-electron chi connectivity index (χ1n) is 5.95. The Morgan fingerprint density at radius 2 is 2.33 bits per heavy atom. The van der Waals surface area contributed by atoms with E-state index >= 15 is 0 Å². The van der Waals surface area contributed by atoms with Gasteiger partial charge in [0.05, 0.1) is 12.6 Å². The lowest BCUT2D eigenvalue weighted by Crippen LogP contribution is -2.56. The van der Waals surface area contributed by atoms with Crippen LogP contribution in [0, 0.1) is 0 Å². The second-order valence-corrected chi connectivity index (χ2v) is 4.49.